The van der Waals surface area contributed by atoms with Crippen molar-refractivity contribution in [2.45, 2.75) is 348 Å². The Balaban J connectivity index is 5.02. The number of unbranched alkanes of at least 4 members (excludes halogenated alkanes) is 37. The second kappa shape index (κ2) is 58.7. The molecule has 0 aromatic carbocycles. The van der Waals surface area contributed by atoms with E-state index in [-0.39, 0.29) is 25.7 Å². The molecule has 0 spiro atoms. The zero-order valence-corrected chi connectivity index (χ0v) is 55.8. The first-order chi connectivity index (χ1) is 40.5. The molecule has 0 amide bonds. The molecule has 0 aliphatic rings. The molecule has 0 radical (unpaired) electrons. The molecule has 3 N–H and O–H groups in total. The summed E-state index contributed by atoms with van der Waals surface area (Å²) >= 11 is 0. The fraction of sp³-hybridized carbons (Fsp3) is 0.938. The normalized spacial score (nSPS) is 14.2. The van der Waals surface area contributed by atoms with E-state index in [0.717, 1.165) is 116 Å². The highest BCUT2D eigenvalue weighted by Crippen LogP contribution is 2.45. The predicted octanol–water partition coefficient (Wildman–Crippen LogP) is 18.2. The van der Waals surface area contributed by atoms with Crippen LogP contribution in [0.5, 0.6) is 0 Å². The smallest absolute Gasteiger partial charge is 0.462 e. The van der Waals surface area contributed by atoms with Crippen LogP contribution in [0.2, 0.25) is 0 Å². The third-order valence-electron chi connectivity index (χ3n) is 15.0. The first-order valence-corrected chi connectivity index (χ1v) is 37.1. The van der Waals surface area contributed by atoms with Crippen molar-refractivity contribution in [3.8, 4) is 0 Å². The second-order valence-corrected chi connectivity index (χ2v) is 26.9. The van der Waals surface area contributed by atoms with Gasteiger partial charge in [-0.2, -0.15) is 0 Å². The molecule has 0 aromatic rings. The number of rotatable bonds is 65. The molecule has 0 rings (SSSR count). The Labute approximate surface area is 511 Å². The van der Waals surface area contributed by atoms with Crippen molar-refractivity contribution in [1.29, 1.82) is 0 Å². The van der Waals surface area contributed by atoms with E-state index in [1.807, 2.05) is 0 Å². The number of phosphoric acid groups is 2. The van der Waals surface area contributed by atoms with Crippen LogP contribution in [0.3, 0.4) is 0 Å². The standard InChI is InChI=1S/C65H126O17P2/c1-6-9-12-15-17-18-19-20-21-22-23-24-25-26-27-28-29-30-31-35-41-46-51-65(70)82-61(55-76-63(68)49-44-39-36-32-34-38-42-47-58(4)5)57-80-84(73,74)78-53-59(66)52-77-83(71,72)79-56-60(54-75-62(67)48-43-37-14-11-8-3)81-64(69)50-45-40-33-16-13-10-7-2/h58-61,66H,6-57H2,1-5H3,(H,71,72)(H,73,74)/t59-,60+,61+/m0/s1. The summed E-state index contributed by atoms with van der Waals surface area (Å²) in [5.74, 6) is -1.45. The fourth-order valence-electron chi connectivity index (χ4n) is 9.76. The Hall–Kier alpha value is -1.94. The average Bonchev–Trinajstić information content (AvgIpc) is 3.58. The molecule has 2 unspecified atom stereocenters. The largest absolute Gasteiger partial charge is 0.472 e. The van der Waals surface area contributed by atoms with Crippen molar-refractivity contribution in [3.05, 3.63) is 0 Å². The van der Waals surface area contributed by atoms with Gasteiger partial charge in [0.25, 0.3) is 0 Å². The van der Waals surface area contributed by atoms with Crippen molar-refractivity contribution in [2.24, 2.45) is 5.92 Å². The van der Waals surface area contributed by atoms with Gasteiger partial charge in [-0.25, -0.2) is 9.13 Å². The van der Waals surface area contributed by atoms with E-state index in [2.05, 4.69) is 34.6 Å². The highest BCUT2D eigenvalue weighted by molar-refractivity contribution is 7.47. The molecule has 0 aliphatic carbocycles. The van der Waals surface area contributed by atoms with E-state index in [0.29, 0.717) is 31.6 Å². The lowest BCUT2D eigenvalue weighted by atomic mass is 10.0. The Morgan fingerprint density at radius 2 is 0.548 bits per heavy atom. The summed E-state index contributed by atoms with van der Waals surface area (Å²) in [6, 6.07) is 0. The summed E-state index contributed by atoms with van der Waals surface area (Å²) in [7, 11) is -9.87. The van der Waals surface area contributed by atoms with Crippen molar-refractivity contribution in [1.82, 2.24) is 0 Å². The number of phosphoric ester groups is 2. The fourth-order valence-corrected chi connectivity index (χ4v) is 11.3. The van der Waals surface area contributed by atoms with E-state index in [1.54, 1.807) is 0 Å². The first-order valence-electron chi connectivity index (χ1n) is 34.1. The highest BCUT2D eigenvalue weighted by Gasteiger charge is 2.30. The van der Waals surface area contributed by atoms with Crippen LogP contribution in [-0.2, 0) is 65.4 Å². The lowest BCUT2D eigenvalue weighted by Crippen LogP contribution is -2.30. The first kappa shape index (κ1) is 82.1. The topological polar surface area (TPSA) is 237 Å². The average molecular weight is 1240 g/mol. The molecule has 0 aliphatic heterocycles. The molecule has 0 saturated heterocycles. The van der Waals surface area contributed by atoms with Gasteiger partial charge in [-0.05, 0) is 31.6 Å². The van der Waals surface area contributed by atoms with Gasteiger partial charge in [0.15, 0.2) is 12.2 Å². The van der Waals surface area contributed by atoms with Gasteiger partial charge in [0, 0.05) is 25.7 Å². The summed E-state index contributed by atoms with van der Waals surface area (Å²) in [5.41, 5.74) is 0. The highest BCUT2D eigenvalue weighted by atomic mass is 31.2. The number of aliphatic hydroxyl groups is 1. The molecule has 0 saturated carbocycles. The summed E-state index contributed by atoms with van der Waals surface area (Å²) in [6.45, 7) is 7.00. The monoisotopic (exact) mass is 1240 g/mol. The van der Waals surface area contributed by atoms with Crippen LogP contribution in [0.1, 0.15) is 330 Å². The number of esters is 4. The molecule has 0 heterocycles. The Morgan fingerprint density at radius 1 is 0.321 bits per heavy atom. The summed E-state index contributed by atoms with van der Waals surface area (Å²) in [5, 5.41) is 10.5. The lowest BCUT2D eigenvalue weighted by Gasteiger charge is -2.21. The molecule has 0 aromatic heterocycles. The third-order valence-corrected chi connectivity index (χ3v) is 16.9. The van der Waals surface area contributed by atoms with Crippen molar-refractivity contribution < 1.29 is 80.2 Å². The maximum Gasteiger partial charge on any atom is 0.472 e. The summed E-state index contributed by atoms with van der Waals surface area (Å²) < 4.78 is 67.7. The second-order valence-electron chi connectivity index (χ2n) is 24.0. The Kier molecular flexibility index (Phi) is 57.4. The molecule has 0 bridgehead atoms. The molecule has 498 valence electrons. The van der Waals surface area contributed by atoms with Gasteiger partial charge >= 0.3 is 39.5 Å². The molecule has 84 heavy (non-hydrogen) atoms. The van der Waals surface area contributed by atoms with Crippen LogP contribution in [0.4, 0.5) is 0 Å². The lowest BCUT2D eigenvalue weighted by molar-refractivity contribution is -0.161. The summed E-state index contributed by atoms with van der Waals surface area (Å²) in [6.07, 6.45) is 44.0. The predicted molar refractivity (Wildman–Crippen MR) is 335 cm³/mol. The van der Waals surface area contributed by atoms with Gasteiger partial charge in [-0.15, -0.1) is 0 Å². The number of aliphatic hydroxyl groups excluding tert-OH is 1. The van der Waals surface area contributed by atoms with Gasteiger partial charge in [0.1, 0.15) is 19.3 Å². The van der Waals surface area contributed by atoms with E-state index in [1.165, 1.54) is 128 Å². The zero-order chi connectivity index (χ0) is 62.0. The number of ether oxygens (including phenoxy) is 4. The number of carbonyl (C=O) groups is 4. The van der Waals surface area contributed by atoms with E-state index < -0.39 is 97.5 Å². The maximum absolute atomic E-state index is 13.0. The van der Waals surface area contributed by atoms with Crippen molar-refractivity contribution in [3.63, 3.8) is 0 Å². The van der Waals surface area contributed by atoms with Crippen LogP contribution in [0.15, 0.2) is 0 Å². The minimum Gasteiger partial charge on any atom is -0.462 e. The molecule has 5 atom stereocenters. The van der Waals surface area contributed by atoms with Gasteiger partial charge in [-0.1, -0.05) is 279 Å². The van der Waals surface area contributed by atoms with Gasteiger partial charge in [-0.3, -0.25) is 37.3 Å². The van der Waals surface area contributed by atoms with Crippen LogP contribution in [-0.4, -0.2) is 96.7 Å². The maximum atomic E-state index is 13.0. The summed E-state index contributed by atoms with van der Waals surface area (Å²) in [4.78, 5) is 71.8. The van der Waals surface area contributed by atoms with Crippen LogP contribution < -0.4 is 0 Å². The molecular formula is C65H126O17P2. The van der Waals surface area contributed by atoms with E-state index >= 15 is 0 Å². The molecule has 0 fully saturated rings. The van der Waals surface area contributed by atoms with Crippen LogP contribution in [0.25, 0.3) is 0 Å². The van der Waals surface area contributed by atoms with E-state index in [4.69, 9.17) is 37.0 Å². The van der Waals surface area contributed by atoms with Crippen molar-refractivity contribution >= 4 is 39.5 Å². The van der Waals surface area contributed by atoms with Crippen LogP contribution >= 0.6 is 15.6 Å². The van der Waals surface area contributed by atoms with Gasteiger partial charge in [0.05, 0.1) is 26.4 Å². The SMILES string of the molecule is CCCCCCCCCCCCCCCCCCCCCCCCC(=O)O[C@H](COC(=O)CCCCCCCCCC(C)C)COP(=O)(O)OC[C@@H](O)COP(=O)(O)OC[C@@H](COC(=O)CCCCCCC)OC(=O)CCCCCCCCC. The van der Waals surface area contributed by atoms with Crippen LogP contribution in [0, 0.1) is 5.92 Å². The number of hydrogen-bond donors (Lipinski definition) is 3. The van der Waals surface area contributed by atoms with E-state index in [9.17, 15) is 43.2 Å². The quantitative estimate of drug-likeness (QED) is 0.0222. The minimum atomic E-state index is -4.94. The Bertz CT molecular complexity index is 1640. The minimum absolute atomic E-state index is 0.103. The molecule has 19 heteroatoms. The third kappa shape index (κ3) is 59.0. The zero-order valence-electron chi connectivity index (χ0n) is 54.0. The molecule has 17 nitrogen and oxygen atoms in total. The molecular weight excluding hydrogens is 1110 g/mol. The van der Waals surface area contributed by atoms with Gasteiger partial charge in [0.2, 0.25) is 0 Å². The number of carbonyl (C=O) groups excluding carboxylic acids is 4. The number of hydrogen-bond acceptors (Lipinski definition) is 15. The Morgan fingerprint density at radius 3 is 0.810 bits per heavy atom. The van der Waals surface area contributed by atoms with Crippen molar-refractivity contribution in [2.75, 3.05) is 39.6 Å². The van der Waals surface area contributed by atoms with Gasteiger partial charge < -0.3 is 33.8 Å².